The maximum atomic E-state index is 12.9. The minimum absolute atomic E-state index is 0.0751. The average Bonchev–Trinajstić information content (AvgIpc) is 3.34. The van der Waals surface area contributed by atoms with Crippen molar-refractivity contribution in [2.45, 2.75) is 19.8 Å². The molecule has 0 unspecified atom stereocenters. The molecule has 4 rings (SSSR count). The van der Waals surface area contributed by atoms with Crippen molar-refractivity contribution in [3.05, 3.63) is 43.2 Å². The van der Waals surface area contributed by atoms with Crippen molar-refractivity contribution in [2.24, 2.45) is 5.92 Å². The Bertz CT molecular complexity index is 1090. The van der Waals surface area contributed by atoms with E-state index in [0.717, 1.165) is 5.82 Å². The highest BCUT2D eigenvalue weighted by Gasteiger charge is 2.26. The Labute approximate surface area is 184 Å². The van der Waals surface area contributed by atoms with Gasteiger partial charge in [-0.3, -0.25) is 9.59 Å². The number of carbonyl (C=O) groups is 2. The van der Waals surface area contributed by atoms with Crippen molar-refractivity contribution in [2.75, 3.05) is 35.7 Å². The molecule has 0 radical (unpaired) electrons. The minimum atomic E-state index is -0.184. The summed E-state index contributed by atoms with van der Waals surface area (Å²) in [6, 6.07) is 6.99. The molecular weight excluding hydrogens is 412 g/mol. The molecule has 0 atom stereocenters. The van der Waals surface area contributed by atoms with Gasteiger partial charge in [-0.05, 0) is 31.0 Å². The predicted octanol–water partition coefficient (Wildman–Crippen LogP) is 1.88. The van der Waals surface area contributed by atoms with Gasteiger partial charge in [-0.25, -0.2) is 19.6 Å². The molecule has 0 saturated carbocycles. The number of nitrogens with one attached hydrogen (secondary N) is 2. The molecule has 2 amide bonds. The lowest BCUT2D eigenvalue weighted by Crippen LogP contribution is -2.38. The van der Waals surface area contributed by atoms with Gasteiger partial charge in [-0.2, -0.15) is 5.10 Å². The molecule has 1 aliphatic rings. The van der Waals surface area contributed by atoms with Crippen molar-refractivity contribution >= 4 is 29.0 Å². The first-order valence-corrected chi connectivity index (χ1v) is 10.2. The molecular formula is C21H24N8O3. The molecule has 0 aliphatic carbocycles. The second-order valence-electron chi connectivity index (χ2n) is 7.42. The third-order valence-corrected chi connectivity index (χ3v) is 5.26. The van der Waals surface area contributed by atoms with Crippen molar-refractivity contribution in [1.29, 1.82) is 0 Å². The SMILES string of the molecule is COc1ccc(NC(C)=O)cc1NC(=O)C1CCN(c2cc(-n3cncn3)ncn2)CC1. The number of rotatable bonds is 6. The maximum Gasteiger partial charge on any atom is 0.227 e. The highest BCUT2D eigenvalue weighted by atomic mass is 16.5. The third kappa shape index (κ3) is 4.82. The van der Waals surface area contributed by atoms with Gasteiger partial charge in [0.2, 0.25) is 11.8 Å². The number of aromatic nitrogens is 5. The van der Waals surface area contributed by atoms with E-state index >= 15 is 0 Å². The van der Waals surface area contributed by atoms with Crippen LogP contribution in [0, 0.1) is 5.92 Å². The molecule has 11 heteroatoms. The molecule has 2 N–H and O–H groups in total. The van der Waals surface area contributed by atoms with Gasteiger partial charge in [-0.15, -0.1) is 0 Å². The van der Waals surface area contributed by atoms with Crippen LogP contribution in [0.25, 0.3) is 5.82 Å². The van der Waals surface area contributed by atoms with Crippen molar-refractivity contribution in [1.82, 2.24) is 24.7 Å². The fourth-order valence-electron chi connectivity index (χ4n) is 3.65. The molecule has 3 heterocycles. The highest BCUT2D eigenvalue weighted by molar-refractivity contribution is 5.96. The molecule has 166 valence electrons. The zero-order chi connectivity index (χ0) is 22.5. The number of carbonyl (C=O) groups excluding carboxylic acids is 2. The zero-order valence-corrected chi connectivity index (χ0v) is 17.9. The van der Waals surface area contributed by atoms with Crippen LogP contribution in [0.5, 0.6) is 5.75 Å². The summed E-state index contributed by atoms with van der Waals surface area (Å²) < 4.78 is 6.93. The number of nitrogens with zero attached hydrogens (tertiary/aromatic N) is 6. The summed E-state index contributed by atoms with van der Waals surface area (Å²) >= 11 is 0. The van der Waals surface area contributed by atoms with Gasteiger partial charge in [0, 0.05) is 37.7 Å². The van der Waals surface area contributed by atoms with Gasteiger partial charge in [0.05, 0.1) is 12.8 Å². The Morgan fingerprint density at radius 2 is 1.84 bits per heavy atom. The number of ether oxygens (including phenoxy) is 1. The Morgan fingerprint density at radius 1 is 1.06 bits per heavy atom. The Hall–Kier alpha value is -4.02. The Balaban J connectivity index is 1.39. The largest absolute Gasteiger partial charge is 0.495 e. The first-order valence-electron chi connectivity index (χ1n) is 10.2. The molecule has 0 spiro atoms. The molecule has 2 aromatic heterocycles. The number of hydrogen-bond donors (Lipinski definition) is 2. The van der Waals surface area contributed by atoms with E-state index < -0.39 is 0 Å². The first kappa shape index (κ1) is 21.2. The van der Waals surface area contributed by atoms with Crippen molar-refractivity contribution in [3.63, 3.8) is 0 Å². The van der Waals surface area contributed by atoms with Crippen LogP contribution in [-0.4, -0.2) is 56.7 Å². The van der Waals surface area contributed by atoms with E-state index in [1.54, 1.807) is 29.2 Å². The lowest BCUT2D eigenvalue weighted by atomic mass is 9.95. The van der Waals surface area contributed by atoms with Crippen molar-refractivity contribution < 1.29 is 14.3 Å². The van der Waals surface area contributed by atoms with Crippen molar-refractivity contribution in [3.8, 4) is 11.6 Å². The van der Waals surface area contributed by atoms with Crippen LogP contribution in [-0.2, 0) is 9.59 Å². The van der Waals surface area contributed by atoms with Crippen LogP contribution in [0.2, 0.25) is 0 Å². The van der Waals surface area contributed by atoms with Crippen LogP contribution >= 0.6 is 0 Å². The summed E-state index contributed by atoms with van der Waals surface area (Å²) in [5.41, 5.74) is 1.12. The molecule has 1 aromatic carbocycles. The Morgan fingerprint density at radius 3 is 2.53 bits per heavy atom. The van der Waals surface area contributed by atoms with E-state index in [1.165, 1.54) is 26.7 Å². The van der Waals surface area contributed by atoms with Gasteiger partial charge in [0.25, 0.3) is 0 Å². The van der Waals surface area contributed by atoms with Crippen LogP contribution in [0.15, 0.2) is 43.2 Å². The zero-order valence-electron chi connectivity index (χ0n) is 17.9. The van der Waals surface area contributed by atoms with E-state index in [1.807, 2.05) is 6.07 Å². The fourth-order valence-corrected chi connectivity index (χ4v) is 3.65. The lowest BCUT2D eigenvalue weighted by Gasteiger charge is -2.32. The second-order valence-corrected chi connectivity index (χ2v) is 7.42. The smallest absolute Gasteiger partial charge is 0.227 e. The normalized spacial score (nSPS) is 14.1. The number of amides is 2. The molecule has 0 bridgehead atoms. The van der Waals surface area contributed by atoms with E-state index in [0.29, 0.717) is 48.9 Å². The van der Waals surface area contributed by atoms with E-state index in [9.17, 15) is 9.59 Å². The molecule has 1 aliphatic heterocycles. The second kappa shape index (κ2) is 9.41. The Kier molecular flexibility index (Phi) is 6.24. The van der Waals surface area contributed by atoms with Gasteiger partial charge in [0.1, 0.15) is 30.5 Å². The summed E-state index contributed by atoms with van der Waals surface area (Å²) in [6.07, 6.45) is 5.90. The van der Waals surface area contributed by atoms with Crippen LogP contribution in [0.3, 0.4) is 0 Å². The van der Waals surface area contributed by atoms with Gasteiger partial charge < -0.3 is 20.3 Å². The fraction of sp³-hybridized carbons (Fsp3) is 0.333. The van der Waals surface area contributed by atoms with Gasteiger partial charge >= 0.3 is 0 Å². The molecule has 1 saturated heterocycles. The molecule has 3 aromatic rings. The standard InChI is InChI=1S/C21H24N8O3/c1-14(30)26-16-3-4-18(32-2)17(9-16)27-21(31)15-5-7-28(8-6-15)19-10-20(24-12-23-19)29-13-22-11-25-29/h3-4,9-13,15H,5-8H2,1-2H3,(H,26,30)(H,27,31). The van der Waals surface area contributed by atoms with Crippen LogP contribution in [0.4, 0.5) is 17.2 Å². The van der Waals surface area contributed by atoms with Gasteiger partial charge in [0.15, 0.2) is 5.82 Å². The number of piperidine rings is 1. The minimum Gasteiger partial charge on any atom is -0.495 e. The summed E-state index contributed by atoms with van der Waals surface area (Å²) in [7, 11) is 1.54. The third-order valence-electron chi connectivity index (χ3n) is 5.26. The summed E-state index contributed by atoms with van der Waals surface area (Å²) in [6.45, 7) is 2.81. The number of hydrogen-bond acceptors (Lipinski definition) is 8. The predicted molar refractivity (Wildman–Crippen MR) is 118 cm³/mol. The van der Waals surface area contributed by atoms with E-state index in [2.05, 4.69) is 35.6 Å². The quantitative estimate of drug-likeness (QED) is 0.600. The van der Waals surface area contributed by atoms with Crippen LogP contribution < -0.4 is 20.3 Å². The lowest BCUT2D eigenvalue weighted by molar-refractivity contribution is -0.120. The van der Waals surface area contributed by atoms with Gasteiger partial charge in [-0.1, -0.05) is 0 Å². The number of anilines is 3. The van der Waals surface area contributed by atoms with E-state index in [4.69, 9.17) is 4.74 Å². The summed E-state index contributed by atoms with van der Waals surface area (Å²) in [4.78, 5) is 38.9. The molecule has 11 nitrogen and oxygen atoms in total. The number of benzene rings is 1. The number of methoxy groups -OCH3 is 1. The van der Waals surface area contributed by atoms with Crippen LogP contribution in [0.1, 0.15) is 19.8 Å². The summed E-state index contributed by atoms with van der Waals surface area (Å²) in [5.74, 6) is 1.56. The first-order chi connectivity index (χ1) is 15.5. The molecule has 32 heavy (non-hydrogen) atoms. The summed E-state index contributed by atoms with van der Waals surface area (Å²) in [5, 5.41) is 9.76. The topological polar surface area (TPSA) is 127 Å². The maximum absolute atomic E-state index is 12.9. The highest BCUT2D eigenvalue weighted by Crippen LogP contribution is 2.30. The monoisotopic (exact) mass is 436 g/mol. The molecule has 1 fully saturated rings. The average molecular weight is 436 g/mol. The van der Waals surface area contributed by atoms with E-state index in [-0.39, 0.29) is 17.7 Å².